The fourth-order valence-electron chi connectivity index (χ4n) is 3.19. The number of halogens is 1. The lowest BCUT2D eigenvalue weighted by molar-refractivity contribution is -0.113. The monoisotopic (exact) mass is 493 g/mol. The summed E-state index contributed by atoms with van der Waals surface area (Å²) in [6.07, 6.45) is 0. The van der Waals surface area contributed by atoms with Gasteiger partial charge in [0.2, 0.25) is 0 Å². The predicted octanol–water partition coefficient (Wildman–Crippen LogP) is 4.77. The Hall–Kier alpha value is -2.86. The first-order valence-electron chi connectivity index (χ1n) is 8.73. The van der Waals surface area contributed by atoms with E-state index in [1.165, 1.54) is 13.1 Å². The molecule has 12 heteroatoms. The summed E-state index contributed by atoms with van der Waals surface area (Å²) in [6.45, 7) is 0. The van der Waals surface area contributed by atoms with Crippen LogP contribution in [0.1, 0.15) is 4.88 Å². The van der Waals surface area contributed by atoms with Crippen LogP contribution in [0.15, 0.2) is 56.8 Å². The van der Waals surface area contributed by atoms with E-state index in [0.29, 0.717) is 17.0 Å². The third-order valence-corrected chi connectivity index (χ3v) is 8.62. The fourth-order valence-corrected chi connectivity index (χ4v) is 6.83. The molecule has 0 radical (unpaired) electrons. The van der Waals surface area contributed by atoms with Gasteiger partial charge in [-0.3, -0.25) is 14.4 Å². The van der Waals surface area contributed by atoms with Crippen molar-refractivity contribution in [1.82, 2.24) is 9.29 Å². The Bertz CT molecular complexity index is 1470. The van der Waals surface area contributed by atoms with Gasteiger partial charge in [0.25, 0.3) is 15.9 Å². The van der Waals surface area contributed by atoms with Crippen LogP contribution in [0.25, 0.3) is 28.2 Å². The Labute approximate surface area is 189 Å². The van der Waals surface area contributed by atoms with Crippen LogP contribution in [0, 0.1) is 0 Å². The number of thiazole rings is 1. The first-order valence-corrected chi connectivity index (χ1v) is 12.2. The molecule has 4 heterocycles. The van der Waals surface area contributed by atoms with E-state index >= 15 is 0 Å². The van der Waals surface area contributed by atoms with Gasteiger partial charge in [-0.1, -0.05) is 29.8 Å². The Morgan fingerprint density at radius 3 is 2.84 bits per heavy atom. The van der Waals surface area contributed by atoms with Crippen LogP contribution in [0.3, 0.4) is 0 Å². The minimum absolute atomic E-state index is 0.0235. The molecule has 1 aliphatic heterocycles. The molecule has 2 N–H and O–H groups in total. The third-order valence-electron chi connectivity index (χ3n) is 4.68. The van der Waals surface area contributed by atoms with Gasteiger partial charge in [0, 0.05) is 17.8 Å². The molecule has 1 aromatic carbocycles. The van der Waals surface area contributed by atoms with Crippen molar-refractivity contribution in [2.75, 3.05) is 12.4 Å². The smallest absolute Gasteiger partial charge is 0.278 e. The minimum atomic E-state index is -4.02. The minimum Gasteiger partial charge on any atom is -0.504 e. The van der Waals surface area contributed by atoms with Crippen molar-refractivity contribution in [1.29, 1.82) is 0 Å². The molecule has 8 nitrogen and oxygen atoms in total. The fraction of sp³-hybridized carbons (Fsp3) is 0.0526. The van der Waals surface area contributed by atoms with Gasteiger partial charge in [0.1, 0.15) is 16.2 Å². The van der Waals surface area contributed by atoms with Crippen LogP contribution in [-0.2, 0) is 14.8 Å². The molecule has 0 aliphatic carbocycles. The highest BCUT2D eigenvalue weighted by atomic mass is 35.5. The van der Waals surface area contributed by atoms with Gasteiger partial charge in [0.15, 0.2) is 22.3 Å². The van der Waals surface area contributed by atoms with Crippen LogP contribution < -0.4 is 5.32 Å². The zero-order valence-corrected chi connectivity index (χ0v) is 18.8. The number of sulfonamides is 1. The number of aliphatic hydroxyl groups is 1. The number of aliphatic hydroxyl groups excluding tert-OH is 1. The zero-order valence-electron chi connectivity index (χ0n) is 15.6. The summed E-state index contributed by atoms with van der Waals surface area (Å²) in [4.78, 5) is 17.1. The summed E-state index contributed by atoms with van der Waals surface area (Å²) >= 11 is 7.95. The number of benzene rings is 1. The van der Waals surface area contributed by atoms with Gasteiger partial charge < -0.3 is 9.52 Å². The average molecular weight is 494 g/mol. The van der Waals surface area contributed by atoms with Crippen LogP contribution >= 0.6 is 34.3 Å². The second-order valence-corrected chi connectivity index (χ2v) is 11.0. The molecule has 4 aromatic rings. The average Bonchev–Trinajstić information content (AvgIpc) is 3.44. The van der Waals surface area contributed by atoms with Gasteiger partial charge in [-0.15, -0.1) is 22.7 Å². The number of anilines is 1. The lowest BCUT2D eigenvalue weighted by Crippen LogP contribution is -2.36. The number of nitrogens with zero attached hydrogens (tertiary/aromatic N) is 2. The number of amides is 1. The summed E-state index contributed by atoms with van der Waals surface area (Å²) in [5.74, 6) is -0.740. The van der Waals surface area contributed by atoms with Gasteiger partial charge in [-0.05, 0) is 18.2 Å². The molecular formula is C19H12ClN3O5S3. The van der Waals surface area contributed by atoms with Crippen molar-refractivity contribution in [2.45, 2.75) is 4.90 Å². The Kier molecular flexibility index (Phi) is 4.59. The van der Waals surface area contributed by atoms with Crippen molar-refractivity contribution in [3.63, 3.8) is 0 Å². The summed E-state index contributed by atoms with van der Waals surface area (Å²) in [6, 6.07) is 10.6. The predicted molar refractivity (Wildman–Crippen MR) is 120 cm³/mol. The molecule has 3 aromatic heterocycles. The third kappa shape index (κ3) is 3.21. The summed E-state index contributed by atoms with van der Waals surface area (Å²) < 4.78 is 32.1. The molecule has 0 unspecified atom stereocenters. The van der Waals surface area contributed by atoms with Gasteiger partial charge in [0.05, 0.1) is 9.21 Å². The first-order chi connectivity index (χ1) is 14.8. The van der Waals surface area contributed by atoms with Crippen LogP contribution in [0.4, 0.5) is 5.13 Å². The molecule has 31 heavy (non-hydrogen) atoms. The number of carbonyl (C=O) groups excluding carboxylic acids is 1. The Morgan fingerprint density at radius 2 is 2.06 bits per heavy atom. The Balaban J connectivity index is 1.47. The number of thiophene rings is 1. The first kappa shape index (κ1) is 20.1. The van der Waals surface area contributed by atoms with E-state index in [0.717, 1.165) is 32.4 Å². The largest absolute Gasteiger partial charge is 0.504 e. The molecule has 5 rings (SSSR count). The number of para-hydroxylation sites is 1. The normalized spacial score (nSPS) is 15.4. The molecule has 1 aliphatic rings. The van der Waals surface area contributed by atoms with Crippen LogP contribution in [-0.4, -0.2) is 35.8 Å². The molecule has 0 spiro atoms. The van der Waals surface area contributed by atoms with E-state index in [-0.39, 0.29) is 19.2 Å². The van der Waals surface area contributed by atoms with E-state index in [9.17, 15) is 18.3 Å². The number of furan rings is 1. The second-order valence-electron chi connectivity index (χ2n) is 6.55. The number of carbonyl (C=O) groups is 1. The lowest BCUT2D eigenvalue weighted by atomic mass is 10.2. The summed E-state index contributed by atoms with van der Waals surface area (Å²) in [5.41, 5.74) is 0.823. The van der Waals surface area contributed by atoms with E-state index in [1.807, 2.05) is 30.3 Å². The van der Waals surface area contributed by atoms with Crippen molar-refractivity contribution >= 4 is 72.1 Å². The van der Waals surface area contributed by atoms with E-state index < -0.39 is 27.4 Å². The SMILES string of the molecule is CN1C(C(=O)Nc2nc(-c3cc4ccccc4o3)cs2)=C(O)c2sc(Cl)cc2S1(=O)=O. The number of hydrogen-bond donors (Lipinski definition) is 2. The molecule has 158 valence electrons. The second kappa shape index (κ2) is 7.09. The molecule has 0 fully saturated rings. The number of likely N-dealkylation sites (N-methyl/N-ethyl adjacent to an activating group) is 1. The highest BCUT2D eigenvalue weighted by Crippen LogP contribution is 2.42. The van der Waals surface area contributed by atoms with Crippen molar-refractivity contribution in [3.05, 3.63) is 56.7 Å². The van der Waals surface area contributed by atoms with E-state index in [2.05, 4.69) is 10.3 Å². The molecule has 0 saturated carbocycles. The number of rotatable bonds is 3. The molecule has 0 bridgehead atoms. The van der Waals surface area contributed by atoms with E-state index in [1.54, 1.807) is 5.38 Å². The van der Waals surface area contributed by atoms with Gasteiger partial charge in [-0.25, -0.2) is 13.4 Å². The molecule has 0 saturated heterocycles. The Morgan fingerprint density at radius 1 is 1.29 bits per heavy atom. The number of nitrogens with one attached hydrogen (secondary N) is 1. The highest BCUT2D eigenvalue weighted by molar-refractivity contribution is 7.89. The number of hydrogen-bond acceptors (Lipinski definition) is 8. The standard InChI is InChI=1S/C19H12ClN3O5S3/c1-23-15(16(24)17-13(31(23,26)27)7-14(20)30-17)18(25)22-19-21-10(8-29-19)12-6-9-4-2-3-5-11(9)28-12/h2-8,24H,1H3,(H,21,22,25). The molecular weight excluding hydrogens is 482 g/mol. The zero-order chi connectivity index (χ0) is 21.9. The van der Waals surface area contributed by atoms with E-state index in [4.69, 9.17) is 16.0 Å². The molecule has 1 amide bonds. The number of fused-ring (bicyclic) bond motifs is 2. The topological polar surface area (TPSA) is 113 Å². The van der Waals surface area contributed by atoms with Crippen LogP contribution in [0.2, 0.25) is 4.34 Å². The van der Waals surface area contributed by atoms with Gasteiger partial charge >= 0.3 is 0 Å². The highest BCUT2D eigenvalue weighted by Gasteiger charge is 2.39. The summed E-state index contributed by atoms with van der Waals surface area (Å²) in [7, 11) is -2.83. The van der Waals surface area contributed by atoms with Crippen molar-refractivity contribution in [2.24, 2.45) is 0 Å². The lowest BCUT2D eigenvalue weighted by Gasteiger charge is -2.26. The quantitative estimate of drug-likeness (QED) is 0.425. The molecule has 0 atom stereocenters. The van der Waals surface area contributed by atoms with Crippen molar-refractivity contribution < 1.29 is 22.7 Å². The number of aromatic nitrogens is 1. The maximum Gasteiger partial charge on any atom is 0.278 e. The maximum atomic E-state index is 12.9. The van der Waals surface area contributed by atoms with Crippen LogP contribution in [0.5, 0.6) is 0 Å². The summed E-state index contributed by atoms with van der Waals surface area (Å²) in [5, 5.41) is 16.0. The maximum absolute atomic E-state index is 12.9. The van der Waals surface area contributed by atoms with Gasteiger partial charge in [-0.2, -0.15) is 0 Å². The van der Waals surface area contributed by atoms with Crippen molar-refractivity contribution in [3.8, 4) is 11.5 Å².